The zero-order valence-electron chi connectivity index (χ0n) is 6.52. The molecule has 0 unspecified atom stereocenters. The number of carbonyl (C=O) groups is 1. The maximum atomic E-state index is 8.56. The van der Waals surface area contributed by atoms with E-state index in [1.165, 1.54) is 0 Å². The predicted octanol–water partition coefficient (Wildman–Crippen LogP) is -1.38. The largest absolute Gasteiger partial charge is 1.00 e. The molecule has 0 bridgehead atoms. The Morgan fingerprint density at radius 3 is 1.70 bits per heavy atom. The molecule has 0 spiro atoms. The Labute approximate surface area is 81.2 Å². The summed E-state index contributed by atoms with van der Waals surface area (Å²) < 4.78 is 4.58. The van der Waals surface area contributed by atoms with Crippen LogP contribution in [0.3, 0.4) is 0 Å². The molecule has 0 aromatic carbocycles. The van der Waals surface area contributed by atoms with Crippen molar-refractivity contribution in [2.24, 2.45) is 0 Å². The third kappa shape index (κ3) is 15.6. The van der Waals surface area contributed by atoms with Gasteiger partial charge in [0.15, 0.2) is 0 Å². The van der Waals surface area contributed by atoms with Crippen molar-refractivity contribution in [2.45, 2.75) is 0 Å². The SMILES string of the molecule is O=C(O)O.[H-].[Na+].c1ccoc1. The molecule has 0 fully saturated rings. The van der Waals surface area contributed by atoms with Gasteiger partial charge in [-0.2, -0.15) is 0 Å². The van der Waals surface area contributed by atoms with Gasteiger partial charge in [-0.3, -0.25) is 0 Å². The molecule has 0 aliphatic heterocycles. The maximum absolute atomic E-state index is 8.56. The Balaban J connectivity index is -0.000000101. The monoisotopic (exact) mass is 154 g/mol. The molecule has 2 N–H and O–H groups in total. The summed E-state index contributed by atoms with van der Waals surface area (Å²) in [4.78, 5) is 8.56. The van der Waals surface area contributed by atoms with Gasteiger partial charge in [-0.15, -0.1) is 0 Å². The molecule has 10 heavy (non-hydrogen) atoms. The van der Waals surface area contributed by atoms with Crippen LogP contribution in [0.5, 0.6) is 0 Å². The van der Waals surface area contributed by atoms with Gasteiger partial charge in [0.2, 0.25) is 0 Å². The van der Waals surface area contributed by atoms with E-state index in [0.29, 0.717) is 0 Å². The molecule has 0 saturated carbocycles. The van der Waals surface area contributed by atoms with Crippen LogP contribution in [0.2, 0.25) is 0 Å². The van der Waals surface area contributed by atoms with Gasteiger partial charge in [-0.25, -0.2) is 4.79 Å². The summed E-state index contributed by atoms with van der Waals surface area (Å²) in [6.07, 6.45) is 1.42. The second-order valence-electron chi connectivity index (χ2n) is 1.08. The van der Waals surface area contributed by atoms with Gasteiger partial charge in [0.1, 0.15) is 0 Å². The number of rotatable bonds is 0. The fourth-order valence-electron chi connectivity index (χ4n) is 0.227. The first kappa shape index (κ1) is 12.2. The minimum atomic E-state index is -1.83. The summed E-state index contributed by atoms with van der Waals surface area (Å²) in [7, 11) is 0. The zero-order chi connectivity index (χ0) is 7.11. The topological polar surface area (TPSA) is 70.7 Å². The third-order valence-electron chi connectivity index (χ3n) is 0.425. The molecule has 4 nitrogen and oxygen atoms in total. The summed E-state index contributed by atoms with van der Waals surface area (Å²) in [5.41, 5.74) is 0. The molecule has 1 heterocycles. The number of carboxylic acid groups (broad SMARTS) is 2. The van der Waals surface area contributed by atoms with Crippen molar-refractivity contribution in [3.05, 3.63) is 24.7 Å². The summed E-state index contributed by atoms with van der Waals surface area (Å²) in [5.74, 6) is 0. The van der Waals surface area contributed by atoms with Crippen LogP contribution in [0.25, 0.3) is 0 Å². The van der Waals surface area contributed by atoms with Crippen LogP contribution in [0, 0.1) is 0 Å². The molecule has 1 aromatic heterocycles. The second kappa shape index (κ2) is 8.55. The minimum Gasteiger partial charge on any atom is -1.00 e. The Kier molecular flexibility index (Phi) is 10.5. The van der Waals surface area contributed by atoms with Crippen molar-refractivity contribution in [1.29, 1.82) is 0 Å². The van der Waals surface area contributed by atoms with E-state index in [0.717, 1.165) is 0 Å². The molecule has 0 aliphatic rings. The summed E-state index contributed by atoms with van der Waals surface area (Å²) in [6, 6.07) is 3.67. The van der Waals surface area contributed by atoms with Crippen LogP contribution in [0.15, 0.2) is 29.1 Å². The van der Waals surface area contributed by atoms with Crippen molar-refractivity contribution in [3.8, 4) is 0 Å². The molecule has 52 valence electrons. The zero-order valence-corrected chi connectivity index (χ0v) is 7.52. The average Bonchev–Trinajstić information content (AvgIpc) is 2.11. The van der Waals surface area contributed by atoms with E-state index in [4.69, 9.17) is 15.0 Å². The molecular formula is C5H7NaO4. The van der Waals surface area contributed by atoms with Gasteiger partial charge >= 0.3 is 35.7 Å². The first-order chi connectivity index (χ1) is 4.23. The first-order valence-electron chi connectivity index (χ1n) is 2.12. The molecule has 0 aliphatic carbocycles. The van der Waals surface area contributed by atoms with Crippen molar-refractivity contribution in [1.82, 2.24) is 0 Å². The quantitative estimate of drug-likeness (QED) is 0.452. The smallest absolute Gasteiger partial charge is 1.00 e. The standard InChI is InChI=1S/C4H4O.CH2O3.Na.H/c1-2-4-5-3-1;2-1(3)4;;/h1-4H;(H2,2,3,4);;/q;;+1;-1. The van der Waals surface area contributed by atoms with Crippen molar-refractivity contribution in [3.63, 3.8) is 0 Å². The Morgan fingerprint density at radius 1 is 1.30 bits per heavy atom. The number of furan rings is 1. The molecule has 1 rings (SSSR count). The van der Waals surface area contributed by atoms with Crippen LogP contribution in [-0.4, -0.2) is 16.4 Å². The van der Waals surface area contributed by atoms with Gasteiger partial charge in [0.05, 0.1) is 12.5 Å². The van der Waals surface area contributed by atoms with E-state index < -0.39 is 6.16 Å². The maximum Gasteiger partial charge on any atom is 1.00 e. The van der Waals surface area contributed by atoms with Crippen LogP contribution in [-0.2, 0) is 0 Å². The van der Waals surface area contributed by atoms with Crippen LogP contribution >= 0.6 is 0 Å². The van der Waals surface area contributed by atoms with Crippen LogP contribution in [0.1, 0.15) is 1.43 Å². The molecule has 1 aromatic rings. The first-order valence-corrected chi connectivity index (χ1v) is 2.12. The van der Waals surface area contributed by atoms with Crippen LogP contribution in [0.4, 0.5) is 4.79 Å². The Morgan fingerprint density at radius 2 is 1.60 bits per heavy atom. The normalized spacial score (nSPS) is 6.40. The summed E-state index contributed by atoms with van der Waals surface area (Å²) in [5, 5.41) is 13.9. The minimum absolute atomic E-state index is 0. The fourth-order valence-corrected chi connectivity index (χ4v) is 0.227. The van der Waals surface area contributed by atoms with E-state index in [-0.39, 0.29) is 31.0 Å². The molecule has 0 atom stereocenters. The Bertz CT molecular complexity index is 132. The van der Waals surface area contributed by atoms with Gasteiger partial charge < -0.3 is 16.1 Å². The van der Waals surface area contributed by atoms with Crippen LogP contribution < -0.4 is 29.6 Å². The molecule has 0 saturated heterocycles. The molecular weight excluding hydrogens is 147 g/mol. The van der Waals surface area contributed by atoms with Crippen molar-refractivity contribution < 1.29 is 50.4 Å². The van der Waals surface area contributed by atoms with Crippen molar-refractivity contribution >= 4 is 6.16 Å². The fraction of sp³-hybridized carbons (Fsp3) is 0. The summed E-state index contributed by atoms with van der Waals surface area (Å²) >= 11 is 0. The van der Waals surface area contributed by atoms with E-state index in [9.17, 15) is 0 Å². The molecule has 0 amide bonds. The average molecular weight is 154 g/mol. The molecule has 0 radical (unpaired) electrons. The van der Waals surface area contributed by atoms with E-state index in [1.54, 1.807) is 12.5 Å². The van der Waals surface area contributed by atoms with Gasteiger partial charge in [0.25, 0.3) is 0 Å². The third-order valence-corrected chi connectivity index (χ3v) is 0.425. The number of hydrogen-bond donors (Lipinski definition) is 2. The van der Waals surface area contributed by atoms with Gasteiger partial charge in [-0.1, -0.05) is 0 Å². The second-order valence-corrected chi connectivity index (χ2v) is 1.08. The Hall–Kier alpha value is -0.450. The van der Waals surface area contributed by atoms with E-state index >= 15 is 0 Å². The predicted molar refractivity (Wildman–Crippen MR) is 30.5 cm³/mol. The van der Waals surface area contributed by atoms with E-state index in [1.807, 2.05) is 12.1 Å². The number of hydrogen-bond acceptors (Lipinski definition) is 2. The summed E-state index contributed by atoms with van der Waals surface area (Å²) in [6.45, 7) is 0. The van der Waals surface area contributed by atoms with E-state index in [2.05, 4.69) is 4.42 Å². The molecule has 5 heteroatoms. The van der Waals surface area contributed by atoms with Gasteiger partial charge in [-0.05, 0) is 12.1 Å². The van der Waals surface area contributed by atoms with Gasteiger partial charge in [0, 0.05) is 0 Å². The van der Waals surface area contributed by atoms with Crippen molar-refractivity contribution in [2.75, 3.05) is 0 Å².